The smallest absolute Gasteiger partial charge is 0.319 e. The molecule has 0 unspecified atom stereocenters. The molecule has 4 aliphatic rings. The Morgan fingerprint density at radius 2 is 1.62 bits per heavy atom. The first-order chi connectivity index (χ1) is 12.5. The zero-order chi connectivity index (χ0) is 18.3. The van der Waals surface area contributed by atoms with E-state index in [4.69, 9.17) is 11.6 Å². The van der Waals surface area contributed by atoms with Crippen LogP contribution in [0.4, 0.5) is 10.5 Å². The van der Waals surface area contributed by atoms with E-state index in [0.717, 1.165) is 12.8 Å². The quantitative estimate of drug-likeness (QED) is 0.629. The van der Waals surface area contributed by atoms with Crippen LogP contribution in [-0.4, -0.2) is 35.8 Å². The number of carbonyl (C=O) groups excluding carboxylic acids is 3. The van der Waals surface area contributed by atoms with E-state index in [1.165, 1.54) is 4.90 Å². The van der Waals surface area contributed by atoms with Crippen molar-refractivity contribution in [2.24, 2.45) is 23.7 Å². The first kappa shape index (κ1) is 17.1. The Kier molecular flexibility index (Phi) is 4.44. The van der Waals surface area contributed by atoms with Crippen LogP contribution >= 0.6 is 11.6 Å². The minimum Gasteiger partial charge on any atom is -0.336 e. The van der Waals surface area contributed by atoms with Crippen LogP contribution in [0.3, 0.4) is 0 Å². The number of benzene rings is 1. The lowest BCUT2D eigenvalue weighted by Crippen LogP contribution is -2.40. The van der Waals surface area contributed by atoms with Gasteiger partial charge in [-0.15, -0.1) is 0 Å². The van der Waals surface area contributed by atoms with Crippen molar-refractivity contribution < 1.29 is 14.4 Å². The third-order valence-electron chi connectivity index (χ3n) is 5.57. The van der Waals surface area contributed by atoms with Crippen molar-refractivity contribution in [3.8, 4) is 0 Å². The molecule has 1 aromatic carbocycles. The van der Waals surface area contributed by atoms with E-state index in [9.17, 15) is 14.4 Å². The summed E-state index contributed by atoms with van der Waals surface area (Å²) in [6.45, 7) is 0.428. The summed E-state index contributed by atoms with van der Waals surface area (Å²) in [7, 11) is 0. The summed E-state index contributed by atoms with van der Waals surface area (Å²) in [5, 5.41) is 5.96. The third kappa shape index (κ3) is 2.98. The van der Waals surface area contributed by atoms with E-state index < -0.39 is 0 Å². The second-order valence-electron chi connectivity index (χ2n) is 7.06. The molecule has 6 nitrogen and oxygen atoms in total. The van der Waals surface area contributed by atoms with Gasteiger partial charge in [0.05, 0.1) is 11.8 Å². The highest BCUT2D eigenvalue weighted by molar-refractivity contribution is 6.30. The van der Waals surface area contributed by atoms with Gasteiger partial charge in [0, 0.05) is 23.8 Å². The van der Waals surface area contributed by atoms with Gasteiger partial charge in [-0.25, -0.2) is 4.79 Å². The van der Waals surface area contributed by atoms with Crippen LogP contribution in [0.1, 0.15) is 12.8 Å². The predicted octanol–water partition coefficient (Wildman–Crippen LogP) is 2.66. The minimum absolute atomic E-state index is 0.0843. The Labute approximate surface area is 156 Å². The van der Waals surface area contributed by atoms with Gasteiger partial charge in [0.2, 0.25) is 11.8 Å². The van der Waals surface area contributed by atoms with Gasteiger partial charge >= 0.3 is 6.03 Å². The molecule has 0 radical (unpaired) electrons. The normalized spacial score (nSPS) is 29.0. The van der Waals surface area contributed by atoms with Crippen molar-refractivity contribution in [2.75, 3.05) is 18.4 Å². The number of hydrogen-bond donors (Lipinski definition) is 2. The van der Waals surface area contributed by atoms with Gasteiger partial charge < -0.3 is 10.6 Å². The molecule has 4 atom stereocenters. The Bertz CT molecular complexity index is 745. The predicted molar refractivity (Wildman–Crippen MR) is 97.5 cm³/mol. The van der Waals surface area contributed by atoms with Gasteiger partial charge in [0.1, 0.15) is 0 Å². The van der Waals surface area contributed by atoms with Crippen molar-refractivity contribution in [3.05, 3.63) is 41.4 Å². The standard InChI is InChI=1S/C19H20ClN3O3/c20-13-5-7-14(8-6-13)22-19(26)21-9-10-23-17(24)15-11-1-2-12(4-3-11)16(15)18(23)25/h1-2,5-8,11-12,15-16H,3-4,9-10H2,(H2,21,22,26)/t11-,12-,15-,16+/m0/s1. The van der Waals surface area contributed by atoms with Crippen molar-refractivity contribution in [1.82, 2.24) is 10.2 Å². The molecule has 7 heteroatoms. The molecular weight excluding hydrogens is 354 g/mol. The lowest BCUT2D eigenvalue weighted by molar-refractivity contribution is -0.140. The number of rotatable bonds is 4. The molecule has 2 fully saturated rings. The maximum atomic E-state index is 12.7. The topological polar surface area (TPSA) is 78.5 Å². The number of likely N-dealkylation sites (tertiary alicyclic amines) is 1. The second kappa shape index (κ2) is 6.76. The molecule has 1 aromatic rings. The zero-order valence-electron chi connectivity index (χ0n) is 14.2. The van der Waals surface area contributed by atoms with Crippen molar-refractivity contribution >= 4 is 35.1 Å². The molecular formula is C19H20ClN3O3. The van der Waals surface area contributed by atoms with Gasteiger partial charge in [-0.2, -0.15) is 0 Å². The maximum Gasteiger partial charge on any atom is 0.319 e. The molecule has 4 amide bonds. The molecule has 1 saturated carbocycles. The number of imide groups is 1. The van der Waals surface area contributed by atoms with Crippen LogP contribution in [0.25, 0.3) is 0 Å². The number of anilines is 1. The number of fused-ring (bicyclic) bond motifs is 1. The molecule has 0 spiro atoms. The van der Waals surface area contributed by atoms with E-state index in [-0.39, 0.29) is 54.6 Å². The molecule has 1 heterocycles. The summed E-state index contributed by atoms with van der Waals surface area (Å²) < 4.78 is 0. The molecule has 0 aromatic heterocycles. The fraction of sp³-hybridized carbons (Fsp3) is 0.421. The summed E-state index contributed by atoms with van der Waals surface area (Å²) in [6.07, 6.45) is 6.16. The Hall–Kier alpha value is -2.34. The van der Waals surface area contributed by atoms with Gasteiger partial charge in [0.15, 0.2) is 0 Å². The molecule has 136 valence electrons. The minimum atomic E-state index is -0.384. The number of hydrogen-bond acceptors (Lipinski definition) is 3. The maximum absolute atomic E-state index is 12.7. The number of nitrogens with zero attached hydrogens (tertiary/aromatic N) is 1. The monoisotopic (exact) mass is 373 g/mol. The van der Waals surface area contributed by atoms with E-state index in [1.54, 1.807) is 24.3 Å². The second-order valence-corrected chi connectivity index (χ2v) is 7.49. The summed E-state index contributed by atoms with van der Waals surface area (Å²) >= 11 is 5.81. The number of allylic oxidation sites excluding steroid dienone is 2. The van der Waals surface area contributed by atoms with Crippen molar-refractivity contribution in [1.29, 1.82) is 0 Å². The van der Waals surface area contributed by atoms with Crippen LogP contribution in [0, 0.1) is 23.7 Å². The molecule has 26 heavy (non-hydrogen) atoms. The summed E-state index contributed by atoms with van der Waals surface area (Å²) in [6, 6.07) is 6.38. The first-order valence-corrected chi connectivity index (χ1v) is 9.26. The van der Waals surface area contributed by atoms with E-state index in [0.29, 0.717) is 10.7 Å². The summed E-state index contributed by atoms with van der Waals surface area (Å²) in [4.78, 5) is 38.6. The molecule has 1 aliphatic heterocycles. The highest BCUT2D eigenvalue weighted by atomic mass is 35.5. The van der Waals surface area contributed by atoms with Gasteiger partial charge in [-0.1, -0.05) is 23.8 Å². The summed E-state index contributed by atoms with van der Waals surface area (Å²) in [5.41, 5.74) is 0.619. The molecule has 5 rings (SSSR count). The lowest BCUT2D eigenvalue weighted by Gasteiger charge is -2.38. The van der Waals surface area contributed by atoms with Gasteiger partial charge in [-0.05, 0) is 48.9 Å². The highest BCUT2D eigenvalue weighted by Gasteiger charge is 2.56. The Morgan fingerprint density at radius 3 is 2.15 bits per heavy atom. The van der Waals surface area contributed by atoms with Crippen LogP contribution < -0.4 is 10.6 Å². The van der Waals surface area contributed by atoms with Crippen molar-refractivity contribution in [3.63, 3.8) is 0 Å². The number of nitrogens with one attached hydrogen (secondary N) is 2. The van der Waals surface area contributed by atoms with Crippen LogP contribution in [0.2, 0.25) is 5.02 Å². The molecule has 3 aliphatic carbocycles. The fourth-order valence-corrected chi connectivity index (χ4v) is 4.47. The van der Waals surface area contributed by atoms with E-state index in [1.807, 2.05) is 0 Å². The highest BCUT2D eigenvalue weighted by Crippen LogP contribution is 2.49. The number of carbonyl (C=O) groups is 3. The van der Waals surface area contributed by atoms with Crippen molar-refractivity contribution in [2.45, 2.75) is 12.8 Å². The molecule has 2 bridgehead atoms. The fourth-order valence-electron chi connectivity index (χ4n) is 4.35. The largest absolute Gasteiger partial charge is 0.336 e. The molecule has 1 saturated heterocycles. The van der Waals surface area contributed by atoms with Crippen LogP contribution in [0.5, 0.6) is 0 Å². The average molecular weight is 374 g/mol. The first-order valence-electron chi connectivity index (χ1n) is 8.88. The Balaban J connectivity index is 1.31. The Morgan fingerprint density at radius 1 is 1.04 bits per heavy atom. The van der Waals surface area contributed by atoms with E-state index in [2.05, 4.69) is 22.8 Å². The number of amides is 4. The summed E-state index contributed by atoms with van der Waals surface area (Å²) in [5.74, 6) is -0.193. The average Bonchev–Trinajstić information content (AvgIpc) is 2.92. The number of halogens is 1. The van der Waals surface area contributed by atoms with Gasteiger partial charge in [-0.3, -0.25) is 14.5 Å². The SMILES string of the molecule is O=C(NCCN1C(=O)[C@@H]2[C@H](C1=O)[C@H]1C=C[C@H]2CC1)Nc1ccc(Cl)cc1. The number of urea groups is 1. The molecule has 2 N–H and O–H groups in total. The van der Waals surface area contributed by atoms with Crippen LogP contribution in [-0.2, 0) is 9.59 Å². The third-order valence-corrected chi connectivity index (χ3v) is 5.83. The van der Waals surface area contributed by atoms with Crippen LogP contribution in [0.15, 0.2) is 36.4 Å². The zero-order valence-corrected chi connectivity index (χ0v) is 14.9. The van der Waals surface area contributed by atoms with E-state index >= 15 is 0 Å². The lowest BCUT2D eigenvalue weighted by atomic mass is 9.63. The van der Waals surface area contributed by atoms with Gasteiger partial charge in [0.25, 0.3) is 0 Å².